The number of hydrogen-bond donors (Lipinski definition) is 1. The van der Waals surface area contributed by atoms with Crippen molar-refractivity contribution >= 4 is 33.4 Å². The zero-order chi connectivity index (χ0) is 14.0. The molecule has 0 radical (unpaired) electrons. The monoisotopic (exact) mass is 347 g/mol. The van der Waals surface area contributed by atoms with Crippen molar-refractivity contribution in [3.8, 4) is 5.75 Å². The number of phenolic OH excluding ortho intramolecular Hbond substituents is 1. The predicted molar refractivity (Wildman–Crippen MR) is 77.1 cm³/mol. The van der Waals surface area contributed by atoms with Crippen LogP contribution in [0.15, 0.2) is 18.2 Å². The van der Waals surface area contributed by atoms with Gasteiger partial charge in [0.15, 0.2) is 0 Å². The van der Waals surface area contributed by atoms with Crippen LogP contribution in [0.4, 0.5) is 0 Å². The Morgan fingerprint density at radius 2 is 2.32 bits per heavy atom. The van der Waals surface area contributed by atoms with Crippen LogP contribution in [0.1, 0.15) is 17.3 Å². The van der Waals surface area contributed by atoms with Crippen LogP contribution in [0.2, 0.25) is 5.02 Å². The molecule has 1 fully saturated rings. The highest BCUT2D eigenvalue weighted by Crippen LogP contribution is 2.24. The molecule has 2 atom stereocenters. The summed E-state index contributed by atoms with van der Waals surface area (Å²) in [6.07, 6.45) is -0.0446. The highest BCUT2D eigenvalue weighted by Gasteiger charge is 2.29. The number of morpholine rings is 1. The number of amides is 1. The topological polar surface area (TPSA) is 49.8 Å². The highest BCUT2D eigenvalue weighted by atomic mass is 79.9. The first-order valence-electron chi connectivity index (χ1n) is 6.00. The lowest BCUT2D eigenvalue weighted by molar-refractivity contribution is -0.0560. The third-order valence-electron chi connectivity index (χ3n) is 2.98. The largest absolute Gasteiger partial charge is 0.507 e. The Morgan fingerprint density at radius 1 is 1.58 bits per heavy atom. The van der Waals surface area contributed by atoms with Crippen LogP contribution >= 0.6 is 27.5 Å². The number of halogens is 2. The lowest BCUT2D eigenvalue weighted by Crippen LogP contribution is -2.49. The zero-order valence-electron chi connectivity index (χ0n) is 10.5. The van der Waals surface area contributed by atoms with Crippen molar-refractivity contribution in [2.75, 3.05) is 18.4 Å². The van der Waals surface area contributed by atoms with E-state index in [0.29, 0.717) is 23.4 Å². The summed E-state index contributed by atoms with van der Waals surface area (Å²) < 4.78 is 5.68. The molecule has 1 aliphatic rings. The molecule has 19 heavy (non-hydrogen) atoms. The summed E-state index contributed by atoms with van der Waals surface area (Å²) in [5.41, 5.74) is 0.270. The molecular weight excluding hydrogens is 334 g/mol. The summed E-state index contributed by atoms with van der Waals surface area (Å²) in [6, 6.07) is 4.52. The van der Waals surface area contributed by atoms with Gasteiger partial charge in [0, 0.05) is 23.4 Å². The molecule has 1 saturated heterocycles. The first-order valence-corrected chi connectivity index (χ1v) is 7.50. The van der Waals surface area contributed by atoms with Crippen molar-refractivity contribution in [3.63, 3.8) is 0 Å². The second-order valence-corrected chi connectivity index (χ2v) is 5.68. The molecule has 1 aromatic rings. The lowest BCUT2D eigenvalue weighted by atomic mass is 10.1. The van der Waals surface area contributed by atoms with E-state index < -0.39 is 0 Å². The van der Waals surface area contributed by atoms with Gasteiger partial charge in [0.05, 0.1) is 17.8 Å². The molecule has 2 rings (SSSR count). The summed E-state index contributed by atoms with van der Waals surface area (Å²) in [4.78, 5) is 14.1. The number of aromatic hydroxyl groups is 1. The quantitative estimate of drug-likeness (QED) is 0.836. The molecule has 1 amide bonds. The van der Waals surface area contributed by atoms with Gasteiger partial charge in [-0.3, -0.25) is 4.79 Å². The first kappa shape index (κ1) is 14.6. The SMILES string of the molecule is CC1CN(C(=O)c2ccc(Cl)cc2O)CC(CBr)O1. The maximum Gasteiger partial charge on any atom is 0.257 e. The van der Waals surface area contributed by atoms with Crippen molar-refractivity contribution in [2.45, 2.75) is 19.1 Å². The van der Waals surface area contributed by atoms with Crippen LogP contribution in [0.25, 0.3) is 0 Å². The molecule has 0 saturated carbocycles. The van der Waals surface area contributed by atoms with E-state index in [9.17, 15) is 9.90 Å². The van der Waals surface area contributed by atoms with Crippen LogP contribution in [0.5, 0.6) is 5.75 Å². The number of alkyl halides is 1. The number of carbonyl (C=O) groups is 1. The van der Waals surface area contributed by atoms with E-state index in [4.69, 9.17) is 16.3 Å². The van der Waals surface area contributed by atoms with E-state index in [1.54, 1.807) is 17.0 Å². The van der Waals surface area contributed by atoms with Gasteiger partial charge in [-0.1, -0.05) is 27.5 Å². The summed E-state index contributed by atoms with van der Waals surface area (Å²) in [7, 11) is 0. The molecule has 4 nitrogen and oxygen atoms in total. The van der Waals surface area contributed by atoms with Crippen molar-refractivity contribution in [1.29, 1.82) is 0 Å². The van der Waals surface area contributed by atoms with Crippen LogP contribution in [0.3, 0.4) is 0 Å². The van der Waals surface area contributed by atoms with E-state index in [2.05, 4.69) is 15.9 Å². The fourth-order valence-electron chi connectivity index (χ4n) is 2.15. The van der Waals surface area contributed by atoms with E-state index in [-0.39, 0.29) is 29.4 Å². The minimum atomic E-state index is -0.199. The summed E-state index contributed by atoms with van der Waals surface area (Å²) in [6.45, 7) is 2.96. The molecule has 0 bridgehead atoms. The standard InChI is InChI=1S/C13H15BrClNO3/c1-8-6-16(7-10(5-14)19-8)13(18)11-3-2-9(15)4-12(11)17/h2-4,8,10,17H,5-7H2,1H3. The Balaban J connectivity index is 2.18. The summed E-state index contributed by atoms with van der Waals surface area (Å²) >= 11 is 9.13. The average Bonchev–Trinajstić information content (AvgIpc) is 2.37. The normalized spacial score (nSPS) is 23.4. The van der Waals surface area contributed by atoms with E-state index in [1.807, 2.05) is 6.92 Å². The molecule has 0 aromatic heterocycles. The van der Waals surface area contributed by atoms with Gasteiger partial charge in [-0.2, -0.15) is 0 Å². The Hall–Kier alpha value is -0.780. The number of nitrogens with zero attached hydrogens (tertiary/aromatic N) is 1. The van der Waals surface area contributed by atoms with Gasteiger partial charge in [-0.05, 0) is 25.1 Å². The fourth-order valence-corrected chi connectivity index (χ4v) is 2.68. The van der Waals surface area contributed by atoms with Gasteiger partial charge in [0.25, 0.3) is 5.91 Å². The third kappa shape index (κ3) is 3.41. The Morgan fingerprint density at radius 3 is 2.95 bits per heavy atom. The molecule has 1 heterocycles. The van der Waals surface area contributed by atoms with Crippen LogP contribution in [-0.4, -0.2) is 46.5 Å². The number of ether oxygens (including phenoxy) is 1. The van der Waals surface area contributed by atoms with E-state index >= 15 is 0 Å². The van der Waals surface area contributed by atoms with Crippen molar-refractivity contribution < 1.29 is 14.6 Å². The molecule has 1 aliphatic heterocycles. The number of benzene rings is 1. The minimum Gasteiger partial charge on any atom is -0.507 e. The predicted octanol–water partition coefficient (Wildman–Crippen LogP) is 2.67. The molecular formula is C13H15BrClNO3. The van der Waals surface area contributed by atoms with Gasteiger partial charge in [-0.25, -0.2) is 0 Å². The zero-order valence-corrected chi connectivity index (χ0v) is 12.8. The molecule has 2 unspecified atom stereocenters. The Kier molecular flexibility index (Phi) is 4.71. The molecule has 0 spiro atoms. The Labute approximate surface area is 125 Å². The van der Waals surface area contributed by atoms with E-state index in [0.717, 1.165) is 0 Å². The van der Waals surface area contributed by atoms with Gasteiger partial charge < -0.3 is 14.7 Å². The van der Waals surface area contributed by atoms with Gasteiger partial charge >= 0.3 is 0 Å². The fraction of sp³-hybridized carbons (Fsp3) is 0.462. The molecule has 1 aromatic carbocycles. The average molecular weight is 349 g/mol. The smallest absolute Gasteiger partial charge is 0.257 e. The summed E-state index contributed by atoms with van der Waals surface area (Å²) in [5.74, 6) is -0.290. The molecule has 0 aliphatic carbocycles. The van der Waals surface area contributed by atoms with Crippen LogP contribution < -0.4 is 0 Å². The van der Waals surface area contributed by atoms with Gasteiger partial charge in [-0.15, -0.1) is 0 Å². The summed E-state index contributed by atoms with van der Waals surface area (Å²) in [5, 5.41) is 10.9. The first-order chi connectivity index (χ1) is 9.01. The maximum absolute atomic E-state index is 12.4. The van der Waals surface area contributed by atoms with Crippen LogP contribution in [-0.2, 0) is 4.74 Å². The molecule has 104 valence electrons. The van der Waals surface area contributed by atoms with E-state index in [1.165, 1.54) is 6.07 Å². The van der Waals surface area contributed by atoms with Crippen LogP contribution in [0, 0.1) is 0 Å². The maximum atomic E-state index is 12.4. The second kappa shape index (κ2) is 6.11. The number of hydrogen-bond acceptors (Lipinski definition) is 3. The van der Waals surface area contributed by atoms with Gasteiger partial charge in [0.2, 0.25) is 0 Å². The number of rotatable bonds is 2. The second-order valence-electron chi connectivity index (χ2n) is 4.59. The third-order valence-corrected chi connectivity index (χ3v) is 3.93. The van der Waals surface area contributed by atoms with Gasteiger partial charge in [0.1, 0.15) is 5.75 Å². The molecule has 1 N–H and O–H groups in total. The number of phenols is 1. The lowest BCUT2D eigenvalue weighted by Gasteiger charge is -2.36. The minimum absolute atomic E-state index is 0.0188. The van der Waals surface area contributed by atoms with Crippen molar-refractivity contribution in [2.24, 2.45) is 0 Å². The van der Waals surface area contributed by atoms with Crippen molar-refractivity contribution in [3.05, 3.63) is 28.8 Å². The van der Waals surface area contributed by atoms with Crippen molar-refractivity contribution in [1.82, 2.24) is 4.90 Å². The highest BCUT2D eigenvalue weighted by molar-refractivity contribution is 9.09. The molecule has 6 heteroatoms. The number of carbonyl (C=O) groups excluding carboxylic acids is 1. The Bertz CT molecular complexity index is 483.